The van der Waals surface area contributed by atoms with Crippen LogP contribution in [0.25, 0.3) is 0 Å². The first kappa shape index (κ1) is 15.9. The summed E-state index contributed by atoms with van der Waals surface area (Å²) in [5, 5.41) is 0. The van der Waals surface area contributed by atoms with Crippen molar-refractivity contribution in [2.45, 2.75) is 19.8 Å². The Hall–Kier alpha value is -2.02. The third-order valence-corrected chi connectivity index (χ3v) is 4.45. The summed E-state index contributed by atoms with van der Waals surface area (Å²) in [6.45, 7) is 5.62. The van der Waals surface area contributed by atoms with E-state index in [1.807, 2.05) is 11.8 Å². The fraction of sp³-hybridized carbons (Fsp3) is 0.625. The van der Waals surface area contributed by atoms with Crippen molar-refractivity contribution in [2.75, 3.05) is 39.4 Å². The molecule has 2 aliphatic rings. The van der Waals surface area contributed by atoms with Gasteiger partial charge >= 0.3 is 0 Å². The lowest BCUT2D eigenvalue weighted by atomic mass is 9.95. The normalized spacial score (nSPS) is 19.7. The SMILES string of the molecule is Cc1cnc(C(=O)N2CCC(C(=O)N3CCOCC3)CC2)cn1. The maximum atomic E-state index is 12.5. The van der Waals surface area contributed by atoms with Crippen molar-refractivity contribution in [1.82, 2.24) is 19.8 Å². The zero-order valence-corrected chi connectivity index (χ0v) is 13.4. The molecular weight excluding hydrogens is 296 g/mol. The van der Waals surface area contributed by atoms with Crippen LogP contribution in [0.4, 0.5) is 0 Å². The van der Waals surface area contributed by atoms with Crippen LogP contribution in [0.5, 0.6) is 0 Å². The molecule has 2 aliphatic heterocycles. The molecule has 2 fully saturated rings. The maximum absolute atomic E-state index is 12.5. The molecule has 0 spiro atoms. The molecule has 0 radical (unpaired) electrons. The third kappa shape index (κ3) is 3.67. The molecule has 124 valence electrons. The molecule has 7 heteroatoms. The summed E-state index contributed by atoms with van der Waals surface area (Å²) in [6.07, 6.45) is 4.53. The smallest absolute Gasteiger partial charge is 0.274 e. The van der Waals surface area contributed by atoms with Crippen molar-refractivity contribution in [2.24, 2.45) is 5.92 Å². The van der Waals surface area contributed by atoms with Gasteiger partial charge in [-0.3, -0.25) is 14.6 Å². The number of rotatable bonds is 2. The second-order valence-corrected chi connectivity index (χ2v) is 6.05. The molecule has 2 amide bonds. The largest absolute Gasteiger partial charge is 0.378 e. The maximum Gasteiger partial charge on any atom is 0.274 e. The summed E-state index contributed by atoms with van der Waals surface area (Å²) >= 11 is 0. The molecule has 0 unspecified atom stereocenters. The topological polar surface area (TPSA) is 75.6 Å². The predicted molar refractivity (Wildman–Crippen MR) is 82.8 cm³/mol. The highest BCUT2D eigenvalue weighted by Gasteiger charge is 2.31. The van der Waals surface area contributed by atoms with Crippen LogP contribution in [-0.4, -0.2) is 71.0 Å². The number of aromatic nitrogens is 2. The Morgan fingerprint density at radius 2 is 1.74 bits per heavy atom. The molecule has 0 aromatic carbocycles. The monoisotopic (exact) mass is 318 g/mol. The van der Waals surface area contributed by atoms with Gasteiger partial charge in [-0.25, -0.2) is 4.98 Å². The minimum Gasteiger partial charge on any atom is -0.378 e. The molecule has 0 bridgehead atoms. The number of amides is 2. The molecule has 3 heterocycles. The lowest BCUT2D eigenvalue weighted by Crippen LogP contribution is -2.47. The fourth-order valence-electron chi connectivity index (χ4n) is 3.04. The van der Waals surface area contributed by atoms with Crippen molar-refractivity contribution in [3.05, 3.63) is 23.8 Å². The van der Waals surface area contributed by atoms with Crippen LogP contribution in [0.15, 0.2) is 12.4 Å². The summed E-state index contributed by atoms with van der Waals surface area (Å²) in [7, 11) is 0. The number of ether oxygens (including phenoxy) is 1. The molecule has 3 rings (SSSR count). The standard InChI is InChI=1S/C16H22N4O3/c1-12-10-18-14(11-17-12)16(22)19-4-2-13(3-5-19)15(21)20-6-8-23-9-7-20/h10-11,13H,2-9H2,1H3. The molecule has 1 aromatic rings. The number of carbonyl (C=O) groups excluding carboxylic acids is 2. The number of morpholine rings is 1. The van der Waals surface area contributed by atoms with E-state index in [1.54, 1.807) is 11.1 Å². The van der Waals surface area contributed by atoms with Gasteiger partial charge in [0.05, 0.1) is 25.1 Å². The van der Waals surface area contributed by atoms with Crippen molar-refractivity contribution < 1.29 is 14.3 Å². The van der Waals surface area contributed by atoms with Crippen LogP contribution < -0.4 is 0 Å². The number of piperidine rings is 1. The van der Waals surface area contributed by atoms with Gasteiger partial charge < -0.3 is 14.5 Å². The highest BCUT2D eigenvalue weighted by atomic mass is 16.5. The van der Waals surface area contributed by atoms with Gasteiger partial charge in [-0.05, 0) is 19.8 Å². The highest BCUT2D eigenvalue weighted by molar-refractivity contribution is 5.92. The number of carbonyl (C=O) groups is 2. The Labute approximate surface area is 135 Å². The minimum absolute atomic E-state index is 0.0150. The second kappa shape index (κ2) is 7.04. The van der Waals surface area contributed by atoms with Crippen LogP contribution >= 0.6 is 0 Å². The van der Waals surface area contributed by atoms with E-state index >= 15 is 0 Å². The average Bonchev–Trinajstić information content (AvgIpc) is 2.62. The quantitative estimate of drug-likeness (QED) is 0.793. The van der Waals surface area contributed by atoms with E-state index < -0.39 is 0 Å². The summed E-state index contributed by atoms with van der Waals surface area (Å²) in [5.74, 6) is 0.117. The zero-order valence-electron chi connectivity index (χ0n) is 13.4. The number of hydrogen-bond donors (Lipinski definition) is 0. The average molecular weight is 318 g/mol. The summed E-state index contributed by atoms with van der Waals surface area (Å²) in [5.41, 5.74) is 1.16. The van der Waals surface area contributed by atoms with E-state index in [4.69, 9.17) is 4.74 Å². The van der Waals surface area contributed by atoms with Crippen molar-refractivity contribution in [1.29, 1.82) is 0 Å². The van der Waals surface area contributed by atoms with E-state index in [-0.39, 0.29) is 17.7 Å². The Kier molecular flexibility index (Phi) is 4.85. The summed E-state index contributed by atoms with van der Waals surface area (Å²) in [4.78, 5) is 36.8. The van der Waals surface area contributed by atoms with Gasteiger partial charge in [-0.15, -0.1) is 0 Å². The van der Waals surface area contributed by atoms with E-state index in [1.165, 1.54) is 6.20 Å². The molecule has 0 atom stereocenters. The molecule has 23 heavy (non-hydrogen) atoms. The van der Waals surface area contributed by atoms with Gasteiger partial charge in [0, 0.05) is 38.3 Å². The van der Waals surface area contributed by atoms with Crippen LogP contribution in [0.3, 0.4) is 0 Å². The van der Waals surface area contributed by atoms with Gasteiger partial charge in [0.2, 0.25) is 5.91 Å². The Balaban J connectivity index is 1.54. The number of hydrogen-bond acceptors (Lipinski definition) is 5. The molecule has 7 nitrogen and oxygen atoms in total. The molecule has 0 aliphatic carbocycles. The first-order valence-electron chi connectivity index (χ1n) is 8.09. The minimum atomic E-state index is -0.102. The van der Waals surface area contributed by atoms with Crippen molar-refractivity contribution in [3.63, 3.8) is 0 Å². The van der Waals surface area contributed by atoms with Crippen LogP contribution in [0.1, 0.15) is 29.0 Å². The molecule has 2 saturated heterocycles. The molecule has 1 aromatic heterocycles. The van der Waals surface area contributed by atoms with Crippen molar-refractivity contribution >= 4 is 11.8 Å². The lowest BCUT2D eigenvalue weighted by Gasteiger charge is -2.35. The number of likely N-dealkylation sites (tertiary alicyclic amines) is 1. The van der Waals surface area contributed by atoms with Crippen LogP contribution in [0, 0.1) is 12.8 Å². The summed E-state index contributed by atoms with van der Waals surface area (Å²) < 4.78 is 5.28. The van der Waals surface area contributed by atoms with Gasteiger partial charge in [0.25, 0.3) is 5.91 Å². The van der Waals surface area contributed by atoms with Crippen LogP contribution in [-0.2, 0) is 9.53 Å². The third-order valence-electron chi connectivity index (χ3n) is 4.45. The van der Waals surface area contributed by atoms with E-state index in [0.717, 1.165) is 5.69 Å². The molecule has 0 N–H and O–H groups in total. The van der Waals surface area contributed by atoms with Crippen molar-refractivity contribution in [3.8, 4) is 0 Å². The zero-order chi connectivity index (χ0) is 16.2. The Morgan fingerprint density at radius 1 is 1.04 bits per heavy atom. The van der Waals surface area contributed by atoms with E-state index in [0.29, 0.717) is 57.9 Å². The first-order valence-corrected chi connectivity index (χ1v) is 8.09. The highest BCUT2D eigenvalue weighted by Crippen LogP contribution is 2.21. The predicted octanol–water partition coefficient (Wildman–Crippen LogP) is 0.496. The van der Waals surface area contributed by atoms with Gasteiger partial charge in [0.15, 0.2) is 0 Å². The molecule has 0 saturated carbocycles. The van der Waals surface area contributed by atoms with E-state index in [9.17, 15) is 9.59 Å². The Morgan fingerprint density at radius 3 is 2.35 bits per heavy atom. The van der Waals surface area contributed by atoms with Crippen LogP contribution in [0.2, 0.25) is 0 Å². The van der Waals surface area contributed by atoms with Gasteiger partial charge in [-0.2, -0.15) is 0 Å². The fourth-order valence-corrected chi connectivity index (χ4v) is 3.04. The lowest BCUT2D eigenvalue weighted by molar-refractivity contribution is -0.141. The van der Waals surface area contributed by atoms with E-state index in [2.05, 4.69) is 9.97 Å². The Bertz CT molecular complexity index is 561. The second-order valence-electron chi connectivity index (χ2n) is 6.05. The van der Waals surface area contributed by atoms with Gasteiger partial charge in [0.1, 0.15) is 5.69 Å². The van der Waals surface area contributed by atoms with Gasteiger partial charge in [-0.1, -0.05) is 0 Å². The number of aryl methyl sites for hydroxylation is 1. The number of nitrogens with zero attached hydrogens (tertiary/aromatic N) is 4. The summed E-state index contributed by atoms with van der Waals surface area (Å²) in [6, 6.07) is 0. The molecular formula is C16H22N4O3. The first-order chi connectivity index (χ1) is 11.1.